The molecule has 0 N–H and O–H groups in total. The Labute approximate surface area is 116 Å². The van der Waals surface area contributed by atoms with E-state index in [0.717, 1.165) is 12.1 Å². The average Bonchev–Trinajstić information content (AvgIpc) is 2.86. The van der Waals surface area contributed by atoms with Gasteiger partial charge in [-0.3, -0.25) is 19.4 Å². The molecule has 100 valence electrons. The number of benzene rings is 1. The molecule has 5 heteroatoms. The Morgan fingerprint density at radius 1 is 1.21 bits per heavy atom. The molecule has 3 rings (SSSR count). The van der Waals surface area contributed by atoms with Crippen LogP contribution >= 0.6 is 11.6 Å². The van der Waals surface area contributed by atoms with E-state index in [2.05, 4.69) is 4.90 Å². The van der Waals surface area contributed by atoms with Gasteiger partial charge < -0.3 is 0 Å². The molecule has 2 atom stereocenters. The quantitative estimate of drug-likeness (QED) is 0.768. The zero-order valence-corrected chi connectivity index (χ0v) is 11.4. The van der Waals surface area contributed by atoms with Crippen LogP contribution in [0.3, 0.4) is 0 Å². The summed E-state index contributed by atoms with van der Waals surface area (Å²) in [5, 5.41) is 0.712. The summed E-state index contributed by atoms with van der Waals surface area (Å²) >= 11 is 5.96. The summed E-state index contributed by atoms with van der Waals surface area (Å²) in [6, 6.07) is 7.69. The highest BCUT2D eigenvalue weighted by Crippen LogP contribution is 2.33. The number of rotatable bonds is 2. The number of imide groups is 1. The van der Waals surface area contributed by atoms with Gasteiger partial charge in [0.15, 0.2) is 0 Å². The lowest BCUT2D eigenvalue weighted by Crippen LogP contribution is -2.32. The summed E-state index contributed by atoms with van der Waals surface area (Å²) in [5.41, 5.74) is 1.11. The molecule has 1 aromatic rings. The lowest BCUT2D eigenvalue weighted by Gasteiger charge is -2.18. The van der Waals surface area contributed by atoms with Gasteiger partial charge >= 0.3 is 0 Å². The van der Waals surface area contributed by atoms with Gasteiger partial charge in [-0.05, 0) is 17.7 Å². The zero-order chi connectivity index (χ0) is 13.6. The van der Waals surface area contributed by atoms with Crippen LogP contribution in [0.2, 0.25) is 5.02 Å². The first kappa shape index (κ1) is 12.6. The van der Waals surface area contributed by atoms with Crippen molar-refractivity contribution in [2.75, 3.05) is 20.1 Å². The van der Waals surface area contributed by atoms with Crippen LogP contribution in [0.25, 0.3) is 0 Å². The maximum absolute atomic E-state index is 11.9. The van der Waals surface area contributed by atoms with E-state index in [4.69, 9.17) is 11.6 Å². The molecule has 0 radical (unpaired) electrons. The van der Waals surface area contributed by atoms with E-state index >= 15 is 0 Å². The highest BCUT2D eigenvalue weighted by molar-refractivity contribution is 6.30. The molecule has 2 heterocycles. The Bertz CT molecular complexity index is 522. The number of likely N-dealkylation sites (tertiary alicyclic amines) is 2. The largest absolute Gasteiger partial charge is 0.297 e. The summed E-state index contributed by atoms with van der Waals surface area (Å²) in [6.45, 7) is 2.05. The molecule has 0 saturated carbocycles. The van der Waals surface area contributed by atoms with E-state index in [9.17, 15) is 9.59 Å². The van der Waals surface area contributed by atoms with Gasteiger partial charge in [-0.2, -0.15) is 0 Å². The minimum Gasteiger partial charge on any atom is -0.297 e. The topological polar surface area (TPSA) is 40.6 Å². The molecule has 2 amide bonds. The average molecular weight is 279 g/mol. The molecule has 0 bridgehead atoms. The predicted octanol–water partition coefficient (Wildman–Crippen LogP) is 1.39. The first-order chi connectivity index (χ1) is 9.06. The van der Waals surface area contributed by atoms with Crippen LogP contribution in [0.15, 0.2) is 24.3 Å². The lowest BCUT2D eigenvalue weighted by molar-refractivity contribution is -0.138. The molecule has 0 unspecified atom stereocenters. The summed E-state index contributed by atoms with van der Waals surface area (Å²) in [7, 11) is 1.57. The Morgan fingerprint density at radius 3 is 2.42 bits per heavy atom. The molecule has 0 aliphatic carbocycles. The zero-order valence-electron chi connectivity index (χ0n) is 10.7. The fraction of sp³-hybridized carbons (Fsp3) is 0.429. The van der Waals surface area contributed by atoms with Crippen molar-refractivity contribution in [1.82, 2.24) is 9.80 Å². The van der Waals surface area contributed by atoms with Crippen LogP contribution in [0.1, 0.15) is 5.56 Å². The second-order valence-electron chi connectivity index (χ2n) is 5.27. The molecule has 1 aromatic carbocycles. The molecule has 2 aliphatic heterocycles. The van der Waals surface area contributed by atoms with E-state index in [-0.39, 0.29) is 23.7 Å². The van der Waals surface area contributed by atoms with Crippen molar-refractivity contribution in [1.29, 1.82) is 0 Å². The van der Waals surface area contributed by atoms with Crippen LogP contribution < -0.4 is 0 Å². The fourth-order valence-electron chi connectivity index (χ4n) is 3.01. The maximum atomic E-state index is 11.9. The third-order valence-corrected chi connectivity index (χ3v) is 4.22. The van der Waals surface area contributed by atoms with Crippen molar-refractivity contribution in [3.05, 3.63) is 34.9 Å². The molecule has 2 fully saturated rings. The Kier molecular flexibility index (Phi) is 3.07. The minimum absolute atomic E-state index is 0.0383. The SMILES string of the molecule is CN1C(=O)[C@H]2CN(Cc3cccc(Cl)c3)C[C@H]2C1=O. The molecular formula is C14H15ClN2O2. The fourth-order valence-corrected chi connectivity index (χ4v) is 3.23. The van der Waals surface area contributed by atoms with Crippen LogP contribution in [0.4, 0.5) is 0 Å². The van der Waals surface area contributed by atoms with Crippen molar-refractivity contribution in [3.8, 4) is 0 Å². The Morgan fingerprint density at radius 2 is 1.84 bits per heavy atom. The monoisotopic (exact) mass is 278 g/mol. The Hall–Kier alpha value is -1.39. The van der Waals surface area contributed by atoms with Gasteiger partial charge in [0.1, 0.15) is 0 Å². The highest BCUT2D eigenvalue weighted by atomic mass is 35.5. The number of fused-ring (bicyclic) bond motifs is 1. The normalized spacial score (nSPS) is 27.2. The predicted molar refractivity (Wildman–Crippen MR) is 71.5 cm³/mol. The first-order valence-electron chi connectivity index (χ1n) is 6.34. The van der Waals surface area contributed by atoms with Gasteiger partial charge in [0.25, 0.3) is 0 Å². The summed E-state index contributed by atoms with van der Waals surface area (Å²) in [6.07, 6.45) is 0. The maximum Gasteiger partial charge on any atom is 0.234 e. The number of hydrogen-bond donors (Lipinski definition) is 0. The van der Waals surface area contributed by atoms with Crippen molar-refractivity contribution in [2.45, 2.75) is 6.54 Å². The van der Waals surface area contributed by atoms with Crippen molar-refractivity contribution in [3.63, 3.8) is 0 Å². The Balaban J connectivity index is 1.71. The lowest BCUT2D eigenvalue weighted by atomic mass is 10.00. The number of amides is 2. The molecular weight excluding hydrogens is 264 g/mol. The molecule has 2 aliphatic rings. The van der Waals surface area contributed by atoms with Crippen LogP contribution in [-0.4, -0.2) is 41.8 Å². The van der Waals surface area contributed by atoms with E-state index in [1.807, 2.05) is 24.3 Å². The summed E-state index contributed by atoms with van der Waals surface area (Å²) in [5.74, 6) is -0.388. The molecule has 2 saturated heterocycles. The van der Waals surface area contributed by atoms with Crippen molar-refractivity contribution < 1.29 is 9.59 Å². The second kappa shape index (κ2) is 4.62. The van der Waals surface area contributed by atoms with Crippen LogP contribution in [-0.2, 0) is 16.1 Å². The highest BCUT2D eigenvalue weighted by Gasteiger charge is 2.50. The number of hydrogen-bond acceptors (Lipinski definition) is 3. The van der Waals surface area contributed by atoms with Gasteiger partial charge in [0, 0.05) is 31.7 Å². The van der Waals surface area contributed by atoms with Crippen LogP contribution in [0.5, 0.6) is 0 Å². The van der Waals surface area contributed by atoms with Crippen LogP contribution in [0, 0.1) is 11.8 Å². The number of nitrogens with zero attached hydrogens (tertiary/aromatic N) is 2. The van der Waals surface area contributed by atoms with Gasteiger partial charge in [-0.25, -0.2) is 0 Å². The van der Waals surface area contributed by atoms with E-state index in [1.54, 1.807) is 7.05 Å². The second-order valence-corrected chi connectivity index (χ2v) is 5.71. The van der Waals surface area contributed by atoms with Crippen molar-refractivity contribution >= 4 is 23.4 Å². The molecule has 19 heavy (non-hydrogen) atoms. The summed E-state index contributed by atoms with van der Waals surface area (Å²) < 4.78 is 0. The molecule has 0 aromatic heterocycles. The number of halogens is 1. The van der Waals surface area contributed by atoms with Gasteiger partial charge in [-0.15, -0.1) is 0 Å². The standard InChI is InChI=1S/C14H15ClN2O2/c1-16-13(18)11-7-17(8-12(11)14(16)19)6-9-3-2-4-10(15)5-9/h2-5,11-12H,6-8H2,1H3/t11-,12+. The third-order valence-electron chi connectivity index (χ3n) is 3.99. The molecule has 4 nitrogen and oxygen atoms in total. The van der Waals surface area contributed by atoms with E-state index < -0.39 is 0 Å². The van der Waals surface area contributed by atoms with Gasteiger partial charge in [-0.1, -0.05) is 23.7 Å². The van der Waals surface area contributed by atoms with Gasteiger partial charge in [0.05, 0.1) is 11.8 Å². The number of carbonyl (C=O) groups excluding carboxylic acids is 2. The minimum atomic E-state index is -0.156. The van der Waals surface area contributed by atoms with Crippen molar-refractivity contribution in [2.24, 2.45) is 11.8 Å². The third kappa shape index (κ3) is 2.15. The first-order valence-corrected chi connectivity index (χ1v) is 6.72. The van der Waals surface area contributed by atoms with Gasteiger partial charge in [0.2, 0.25) is 11.8 Å². The molecule has 0 spiro atoms. The summed E-state index contributed by atoms with van der Waals surface area (Å²) in [4.78, 5) is 27.2. The number of carbonyl (C=O) groups is 2. The smallest absolute Gasteiger partial charge is 0.234 e. The van der Waals surface area contributed by atoms with E-state index in [1.165, 1.54) is 4.90 Å². The van der Waals surface area contributed by atoms with E-state index in [0.29, 0.717) is 18.1 Å².